The lowest BCUT2D eigenvalue weighted by molar-refractivity contribution is -0.870. The molecule has 0 radical (unpaired) electrons. The van der Waals surface area contributed by atoms with Gasteiger partial charge in [-0.2, -0.15) is 0 Å². The van der Waals surface area contributed by atoms with Crippen molar-refractivity contribution in [1.29, 1.82) is 0 Å². The van der Waals surface area contributed by atoms with Gasteiger partial charge >= 0.3 is 13.8 Å². The fourth-order valence-electron chi connectivity index (χ4n) is 10.8. The molecular weight excluding hydrogens is 1000 g/mol. The molecule has 2 N–H and O–H groups in total. The van der Waals surface area contributed by atoms with E-state index in [9.17, 15) is 19.0 Å². The lowest BCUT2D eigenvalue weighted by Gasteiger charge is -2.27. The van der Waals surface area contributed by atoms with Crippen LogP contribution in [0.25, 0.3) is 0 Å². The minimum atomic E-state index is -4.44. The number of likely N-dealkylation sites (N-methyl/N-ethyl adjacent to an activating group) is 1. The minimum Gasteiger partial charge on any atom is -0.456 e. The van der Waals surface area contributed by atoms with Crippen molar-refractivity contribution in [2.45, 2.75) is 380 Å². The van der Waals surface area contributed by atoms with E-state index in [0.717, 1.165) is 57.8 Å². The summed E-state index contributed by atoms with van der Waals surface area (Å²) in [5, 5.41) is 3.07. The van der Waals surface area contributed by atoms with Crippen LogP contribution < -0.4 is 5.32 Å². The molecule has 0 saturated heterocycles. The second-order valence-corrected chi connectivity index (χ2v) is 26.9. The zero-order chi connectivity index (χ0) is 57.9. The van der Waals surface area contributed by atoms with Crippen LogP contribution in [-0.4, -0.2) is 74.3 Å². The number of phosphoric acid groups is 1. The van der Waals surface area contributed by atoms with Crippen molar-refractivity contribution < 1.29 is 37.3 Å². The first kappa shape index (κ1) is 77.8. The molecule has 0 fully saturated rings. The van der Waals surface area contributed by atoms with Crippen LogP contribution >= 0.6 is 7.82 Å². The molecule has 0 aromatic rings. The summed E-state index contributed by atoms with van der Waals surface area (Å²) in [5.74, 6) is -0.478. The number of nitrogens with zero attached hydrogens (tertiary/aromatic N) is 1. The number of esters is 1. The average Bonchev–Trinajstić information content (AvgIpc) is 3.41. The van der Waals surface area contributed by atoms with Gasteiger partial charge in [-0.15, -0.1) is 0 Å². The van der Waals surface area contributed by atoms with E-state index in [0.29, 0.717) is 23.9 Å². The first-order chi connectivity index (χ1) is 38.4. The third-order valence-electron chi connectivity index (χ3n) is 16.2. The number of amides is 1. The van der Waals surface area contributed by atoms with E-state index in [1.165, 1.54) is 276 Å². The van der Waals surface area contributed by atoms with Gasteiger partial charge in [-0.25, -0.2) is 4.57 Å². The number of nitrogens with one attached hydrogen (secondary N) is 1. The highest BCUT2D eigenvalue weighted by molar-refractivity contribution is 7.47. The summed E-state index contributed by atoms with van der Waals surface area (Å²) >= 11 is 0. The van der Waals surface area contributed by atoms with Gasteiger partial charge in [-0.05, 0) is 31.8 Å². The molecule has 0 rings (SSSR count). The van der Waals surface area contributed by atoms with E-state index in [2.05, 4.69) is 32.2 Å². The Morgan fingerprint density at radius 2 is 0.722 bits per heavy atom. The van der Waals surface area contributed by atoms with E-state index >= 15 is 0 Å². The normalized spacial score (nSPS) is 13.6. The molecule has 1 amide bonds. The Bertz CT molecular complexity index is 1360. The van der Waals surface area contributed by atoms with E-state index in [1.54, 1.807) is 0 Å². The van der Waals surface area contributed by atoms with Crippen molar-refractivity contribution in [3.05, 3.63) is 12.2 Å². The van der Waals surface area contributed by atoms with Gasteiger partial charge in [-0.3, -0.25) is 18.6 Å². The van der Waals surface area contributed by atoms with E-state index in [4.69, 9.17) is 13.8 Å². The first-order valence-electron chi connectivity index (χ1n) is 35.0. The van der Waals surface area contributed by atoms with Gasteiger partial charge < -0.3 is 19.4 Å². The summed E-state index contributed by atoms with van der Waals surface area (Å²) in [6, 6.07) is -0.840. The largest absolute Gasteiger partial charge is 0.472 e. The van der Waals surface area contributed by atoms with Crippen LogP contribution in [0, 0.1) is 0 Å². The number of allylic oxidation sites excluding steroid dienone is 1. The molecule has 10 heteroatoms. The molecule has 9 nitrogen and oxygen atoms in total. The number of hydrogen-bond donors (Lipinski definition) is 2. The quantitative estimate of drug-likeness (QED) is 0.0205. The van der Waals surface area contributed by atoms with Gasteiger partial charge in [-0.1, -0.05) is 335 Å². The molecule has 0 aromatic heterocycles. The molecule has 0 saturated carbocycles. The Labute approximate surface area is 492 Å². The summed E-state index contributed by atoms with van der Waals surface area (Å²) in [7, 11) is 1.52. The molecule has 0 aliphatic carbocycles. The highest BCUT2D eigenvalue weighted by atomic mass is 31.2. The molecule has 0 aromatic carbocycles. The number of carbonyl (C=O) groups excluding carboxylic acids is 2. The highest BCUT2D eigenvalue weighted by Crippen LogP contribution is 2.43. The molecule has 0 bridgehead atoms. The lowest BCUT2D eigenvalue weighted by atomic mass is 10.0. The van der Waals surface area contributed by atoms with Crippen LogP contribution in [-0.2, 0) is 27.9 Å². The predicted molar refractivity (Wildman–Crippen MR) is 342 cm³/mol. The zero-order valence-corrected chi connectivity index (χ0v) is 54.8. The third-order valence-corrected chi connectivity index (χ3v) is 17.2. The zero-order valence-electron chi connectivity index (χ0n) is 53.9. The molecule has 79 heavy (non-hydrogen) atoms. The first-order valence-corrected chi connectivity index (χ1v) is 36.5. The second kappa shape index (κ2) is 59.9. The second-order valence-electron chi connectivity index (χ2n) is 25.4. The number of hydrogen-bond acceptors (Lipinski definition) is 6. The predicted octanol–water partition coefficient (Wildman–Crippen LogP) is 21.9. The van der Waals surface area contributed by atoms with Crippen LogP contribution in [0.1, 0.15) is 367 Å². The number of phosphoric ester groups is 1. The fraction of sp³-hybridized carbons (Fsp3) is 0.942. The molecular formula is C69H138N2O7P+. The number of carbonyl (C=O) groups is 2. The van der Waals surface area contributed by atoms with E-state index in [-0.39, 0.29) is 25.1 Å². The summed E-state index contributed by atoms with van der Waals surface area (Å²) in [4.78, 5) is 37.8. The number of ether oxygens (including phenoxy) is 1. The van der Waals surface area contributed by atoms with Crippen molar-refractivity contribution >= 4 is 19.7 Å². The Kier molecular flexibility index (Phi) is 58.9. The maximum Gasteiger partial charge on any atom is 0.472 e. The Morgan fingerprint density at radius 3 is 1.04 bits per heavy atom. The molecule has 0 aliphatic heterocycles. The van der Waals surface area contributed by atoms with Crippen LogP contribution in [0.2, 0.25) is 0 Å². The lowest BCUT2D eigenvalue weighted by Crippen LogP contribution is -2.47. The maximum atomic E-state index is 13.6. The fourth-order valence-corrected chi connectivity index (χ4v) is 11.6. The van der Waals surface area contributed by atoms with Crippen LogP contribution in [0.3, 0.4) is 0 Å². The minimum absolute atomic E-state index is 0.0460. The Balaban J connectivity index is 5.02. The van der Waals surface area contributed by atoms with Gasteiger partial charge in [0.2, 0.25) is 5.91 Å². The van der Waals surface area contributed by atoms with Crippen molar-refractivity contribution in [2.24, 2.45) is 0 Å². The smallest absolute Gasteiger partial charge is 0.456 e. The molecule has 3 unspecified atom stereocenters. The summed E-state index contributed by atoms with van der Waals surface area (Å²) in [6.45, 7) is 7.09. The van der Waals surface area contributed by atoms with Crippen LogP contribution in [0.4, 0.5) is 0 Å². The van der Waals surface area contributed by atoms with E-state index < -0.39 is 20.0 Å². The van der Waals surface area contributed by atoms with Crippen LogP contribution in [0.5, 0.6) is 0 Å². The van der Waals surface area contributed by atoms with Crippen LogP contribution in [0.15, 0.2) is 12.2 Å². The van der Waals surface area contributed by atoms with Gasteiger partial charge in [0.15, 0.2) is 0 Å². The monoisotopic (exact) mass is 1140 g/mol. The number of unbranched alkanes of at least 4 members (excludes halogenated alkanes) is 49. The van der Waals surface area contributed by atoms with E-state index in [1.807, 2.05) is 27.2 Å². The Morgan fingerprint density at radius 1 is 0.430 bits per heavy atom. The van der Waals surface area contributed by atoms with Gasteiger partial charge in [0, 0.05) is 12.8 Å². The summed E-state index contributed by atoms with van der Waals surface area (Å²) in [5.41, 5.74) is 0. The van der Waals surface area contributed by atoms with Gasteiger partial charge in [0.25, 0.3) is 0 Å². The molecule has 0 spiro atoms. The molecule has 3 atom stereocenters. The average molecular weight is 1140 g/mol. The Hall–Kier alpha value is -1.25. The molecule has 0 aliphatic rings. The molecule has 470 valence electrons. The van der Waals surface area contributed by atoms with Gasteiger partial charge in [0.1, 0.15) is 19.3 Å². The summed E-state index contributed by atoms with van der Waals surface area (Å²) in [6.07, 6.45) is 70.8. The standard InChI is InChI=1S/C69H137N2O7P/c1-7-10-13-16-19-22-25-28-30-31-32-33-34-35-36-37-38-39-41-44-47-50-53-56-59-62-69(73)78-67(60-57-54-51-48-45-42-27-24-21-18-15-12-9-3)66(65-77-79(74,75)76-64-63-71(4,5)6)70-68(72)61-58-55-52-49-46-43-40-29-26-23-20-17-14-11-8-2/h57,60,66-67H,7-56,58-59,61-65H2,1-6H3,(H-,70,72,74,75)/p+1/b60-57-. The topological polar surface area (TPSA) is 111 Å². The van der Waals surface area contributed by atoms with Crippen molar-refractivity contribution in [3.8, 4) is 0 Å². The number of quaternary nitrogens is 1. The molecule has 0 heterocycles. The van der Waals surface area contributed by atoms with Crippen molar-refractivity contribution in [1.82, 2.24) is 5.32 Å². The number of rotatable bonds is 65. The highest BCUT2D eigenvalue weighted by Gasteiger charge is 2.30. The maximum absolute atomic E-state index is 13.6. The van der Waals surface area contributed by atoms with Crippen molar-refractivity contribution in [3.63, 3.8) is 0 Å². The van der Waals surface area contributed by atoms with Gasteiger partial charge in [0.05, 0.1) is 33.8 Å². The van der Waals surface area contributed by atoms with Crippen molar-refractivity contribution in [2.75, 3.05) is 40.9 Å². The summed E-state index contributed by atoms with van der Waals surface area (Å²) < 4.78 is 30.8. The third kappa shape index (κ3) is 61.1. The SMILES string of the molecule is CCCCCCCCCCCCC/C=C\C(OC(=O)CCCCCCCCCCCCCCCCCCCCCCCCCCC)C(COP(=O)(O)OCC[N+](C)(C)C)NC(=O)CCCCCCCCCCCCCCCCC.